The van der Waals surface area contributed by atoms with Gasteiger partial charge in [0.1, 0.15) is 0 Å². The van der Waals surface area contributed by atoms with Crippen LogP contribution in [0.2, 0.25) is 0 Å². The summed E-state index contributed by atoms with van der Waals surface area (Å²) in [5, 5.41) is 2.16. The second kappa shape index (κ2) is 5.32. The third-order valence-corrected chi connectivity index (χ3v) is 7.53. The van der Waals surface area contributed by atoms with E-state index in [4.69, 9.17) is 0 Å². The fraction of sp³-hybridized carbons (Fsp3) is 0.200. The van der Waals surface area contributed by atoms with E-state index in [-0.39, 0.29) is 4.83 Å². The summed E-state index contributed by atoms with van der Waals surface area (Å²) < 4.78 is 3.95. The first kappa shape index (κ1) is 13.8. The average molecular weight is 416 g/mol. The molecule has 0 aliphatic heterocycles. The van der Waals surface area contributed by atoms with E-state index in [1.165, 1.54) is 35.4 Å². The SMILES string of the molecule is Cc1cc(C(Br)c2cc3sccc3s2)c(C)cc1Br. The number of thiophene rings is 2. The van der Waals surface area contributed by atoms with Gasteiger partial charge in [0.2, 0.25) is 0 Å². The van der Waals surface area contributed by atoms with E-state index in [1.807, 2.05) is 22.7 Å². The Morgan fingerprint density at radius 3 is 2.58 bits per heavy atom. The predicted octanol–water partition coefficient (Wildman–Crippen LogP) is 6.83. The van der Waals surface area contributed by atoms with Crippen molar-refractivity contribution in [3.63, 3.8) is 0 Å². The standard InChI is InChI=1S/C15H12Br2S2/c1-8-6-11(16)9(2)5-10(8)15(17)14-7-13-12(19-14)3-4-18-13/h3-7,15H,1-2H3. The molecule has 98 valence electrons. The highest BCUT2D eigenvalue weighted by Gasteiger charge is 2.17. The van der Waals surface area contributed by atoms with Crippen molar-refractivity contribution < 1.29 is 0 Å². The first-order chi connectivity index (χ1) is 9.06. The minimum atomic E-state index is 0.281. The molecule has 0 N–H and O–H groups in total. The van der Waals surface area contributed by atoms with Crippen molar-refractivity contribution in [3.05, 3.63) is 55.7 Å². The molecule has 0 fully saturated rings. The van der Waals surface area contributed by atoms with E-state index in [9.17, 15) is 0 Å². The van der Waals surface area contributed by atoms with Crippen molar-refractivity contribution in [2.45, 2.75) is 18.7 Å². The van der Waals surface area contributed by atoms with Gasteiger partial charge < -0.3 is 0 Å². The molecule has 0 aliphatic carbocycles. The number of rotatable bonds is 2. The van der Waals surface area contributed by atoms with Crippen LogP contribution in [0, 0.1) is 13.8 Å². The van der Waals surface area contributed by atoms with E-state index >= 15 is 0 Å². The summed E-state index contributed by atoms with van der Waals surface area (Å²) in [5.74, 6) is 0. The smallest absolute Gasteiger partial charge is 0.0741 e. The van der Waals surface area contributed by atoms with Crippen LogP contribution < -0.4 is 0 Å². The number of alkyl halides is 1. The molecule has 0 bridgehead atoms. The maximum absolute atomic E-state index is 3.87. The van der Waals surface area contributed by atoms with Crippen molar-refractivity contribution in [2.75, 3.05) is 0 Å². The molecule has 1 unspecified atom stereocenters. The van der Waals surface area contributed by atoms with Gasteiger partial charge in [-0.3, -0.25) is 0 Å². The van der Waals surface area contributed by atoms with Crippen LogP contribution in [0.5, 0.6) is 0 Å². The predicted molar refractivity (Wildman–Crippen MR) is 94.1 cm³/mol. The van der Waals surface area contributed by atoms with E-state index in [0.29, 0.717) is 0 Å². The number of halogens is 2. The molecule has 0 amide bonds. The Morgan fingerprint density at radius 1 is 1.05 bits per heavy atom. The van der Waals surface area contributed by atoms with Gasteiger partial charge in [-0.1, -0.05) is 37.9 Å². The first-order valence-electron chi connectivity index (χ1n) is 5.94. The Bertz CT molecular complexity index is 711. The molecular formula is C15H12Br2S2. The molecule has 2 aromatic heterocycles. The number of hydrogen-bond donors (Lipinski definition) is 0. The molecule has 0 aliphatic rings. The molecule has 1 atom stereocenters. The Balaban J connectivity index is 2.06. The van der Waals surface area contributed by atoms with Crippen LogP contribution in [0.4, 0.5) is 0 Å². The van der Waals surface area contributed by atoms with Gasteiger partial charge in [-0.15, -0.1) is 22.7 Å². The summed E-state index contributed by atoms with van der Waals surface area (Å²) in [5.41, 5.74) is 3.95. The zero-order valence-electron chi connectivity index (χ0n) is 10.5. The number of aryl methyl sites for hydroxylation is 2. The van der Waals surface area contributed by atoms with Crippen LogP contribution >= 0.6 is 54.5 Å². The summed E-state index contributed by atoms with van der Waals surface area (Å²) >= 11 is 11.2. The van der Waals surface area contributed by atoms with Crippen LogP contribution in [0.1, 0.15) is 26.4 Å². The summed E-state index contributed by atoms with van der Waals surface area (Å²) in [6, 6.07) is 8.98. The number of fused-ring (bicyclic) bond motifs is 1. The highest BCUT2D eigenvalue weighted by atomic mass is 79.9. The Kier molecular flexibility index (Phi) is 3.87. The lowest BCUT2D eigenvalue weighted by molar-refractivity contribution is 1.16. The Labute approximate surface area is 137 Å². The largest absolute Gasteiger partial charge is 0.143 e. The maximum atomic E-state index is 3.87. The van der Waals surface area contributed by atoms with Gasteiger partial charge in [0.15, 0.2) is 0 Å². The van der Waals surface area contributed by atoms with Gasteiger partial charge in [-0.25, -0.2) is 0 Å². The third kappa shape index (κ3) is 2.56. The maximum Gasteiger partial charge on any atom is 0.0741 e. The van der Waals surface area contributed by atoms with Gasteiger partial charge in [-0.2, -0.15) is 0 Å². The summed E-state index contributed by atoms with van der Waals surface area (Å²) in [6.45, 7) is 4.31. The van der Waals surface area contributed by atoms with Crippen LogP contribution in [-0.4, -0.2) is 0 Å². The summed E-state index contributed by atoms with van der Waals surface area (Å²) in [6.07, 6.45) is 0. The second-order valence-corrected chi connectivity index (χ2v) is 8.45. The van der Waals surface area contributed by atoms with Crippen LogP contribution in [0.25, 0.3) is 9.40 Å². The van der Waals surface area contributed by atoms with Crippen LogP contribution in [0.15, 0.2) is 34.1 Å². The van der Waals surface area contributed by atoms with E-state index in [2.05, 4.69) is 75.4 Å². The first-order valence-corrected chi connectivity index (χ1v) is 9.34. The molecule has 19 heavy (non-hydrogen) atoms. The fourth-order valence-electron chi connectivity index (χ4n) is 2.14. The van der Waals surface area contributed by atoms with Crippen LogP contribution in [0.3, 0.4) is 0 Å². The van der Waals surface area contributed by atoms with Crippen molar-refractivity contribution in [1.82, 2.24) is 0 Å². The molecule has 4 heteroatoms. The normalized spacial score (nSPS) is 13.1. The van der Waals surface area contributed by atoms with Crippen molar-refractivity contribution in [3.8, 4) is 0 Å². The Morgan fingerprint density at radius 2 is 1.84 bits per heavy atom. The number of benzene rings is 1. The molecule has 0 radical (unpaired) electrons. The Hall–Kier alpha value is -0.160. The topological polar surface area (TPSA) is 0 Å². The zero-order valence-corrected chi connectivity index (χ0v) is 15.3. The molecule has 0 nitrogen and oxygen atoms in total. The van der Waals surface area contributed by atoms with E-state index in [1.54, 1.807) is 0 Å². The average Bonchev–Trinajstić information content (AvgIpc) is 2.93. The molecule has 3 rings (SSSR count). The van der Waals surface area contributed by atoms with Gasteiger partial charge in [0, 0.05) is 18.7 Å². The minimum Gasteiger partial charge on any atom is -0.143 e. The minimum absolute atomic E-state index is 0.281. The monoisotopic (exact) mass is 414 g/mol. The van der Waals surface area contributed by atoms with E-state index in [0.717, 1.165) is 0 Å². The van der Waals surface area contributed by atoms with Gasteiger partial charge in [-0.05, 0) is 54.1 Å². The lowest BCUT2D eigenvalue weighted by atomic mass is 10.0. The second-order valence-electron chi connectivity index (χ2n) is 4.62. The molecule has 2 heterocycles. The lowest BCUT2D eigenvalue weighted by Gasteiger charge is -2.13. The molecule has 0 spiro atoms. The third-order valence-electron chi connectivity index (χ3n) is 3.23. The van der Waals surface area contributed by atoms with E-state index < -0.39 is 0 Å². The molecule has 0 saturated heterocycles. The van der Waals surface area contributed by atoms with Gasteiger partial charge >= 0.3 is 0 Å². The highest BCUT2D eigenvalue weighted by Crippen LogP contribution is 2.41. The molecule has 3 aromatic rings. The molecule has 0 saturated carbocycles. The van der Waals surface area contributed by atoms with Crippen molar-refractivity contribution in [2.24, 2.45) is 0 Å². The number of hydrogen-bond acceptors (Lipinski definition) is 2. The highest BCUT2D eigenvalue weighted by molar-refractivity contribution is 9.10. The van der Waals surface area contributed by atoms with Crippen molar-refractivity contribution >= 4 is 63.9 Å². The summed E-state index contributed by atoms with van der Waals surface area (Å²) in [4.78, 5) is 1.66. The zero-order chi connectivity index (χ0) is 13.6. The fourth-order valence-corrected chi connectivity index (χ4v) is 5.62. The van der Waals surface area contributed by atoms with Crippen molar-refractivity contribution in [1.29, 1.82) is 0 Å². The lowest BCUT2D eigenvalue weighted by Crippen LogP contribution is -1.95. The molecular weight excluding hydrogens is 404 g/mol. The molecule has 1 aromatic carbocycles. The van der Waals surface area contributed by atoms with Crippen LogP contribution in [-0.2, 0) is 0 Å². The summed E-state index contributed by atoms with van der Waals surface area (Å²) in [7, 11) is 0. The van der Waals surface area contributed by atoms with Gasteiger partial charge in [0.05, 0.1) is 4.83 Å². The quantitative estimate of drug-likeness (QED) is 0.402. The van der Waals surface area contributed by atoms with Gasteiger partial charge in [0.25, 0.3) is 0 Å².